The Balaban J connectivity index is 2.02. The Hall–Kier alpha value is -3.05. The third-order valence-corrected chi connectivity index (χ3v) is 6.39. The second-order valence-electron chi connectivity index (χ2n) is 7.15. The smallest absolute Gasteiger partial charge is 0.387 e. The van der Waals surface area contributed by atoms with E-state index in [9.17, 15) is 18.4 Å². The molecule has 33 heavy (non-hydrogen) atoms. The van der Waals surface area contributed by atoms with Crippen LogP contribution < -0.4 is 20.7 Å². The lowest BCUT2D eigenvalue weighted by Gasteiger charge is -2.31. The van der Waals surface area contributed by atoms with Crippen LogP contribution in [0.2, 0.25) is 0 Å². The highest BCUT2D eigenvalue weighted by molar-refractivity contribution is 7.80. The highest BCUT2D eigenvalue weighted by atomic mass is 32.1. The maximum absolute atomic E-state index is 13.4. The molecule has 2 heterocycles. The molecular formula is C22H23F2N3O4S2. The molecule has 3 N–H and O–H groups in total. The number of para-hydroxylation sites is 1. The number of esters is 1. The SMILES string of the molecule is CCOC(=O)c1c(NC(=O)C2=C(C)NC(=S)N[C@@H]2c2ccccc2OC(F)F)sc(C)c1C. The van der Waals surface area contributed by atoms with Gasteiger partial charge < -0.3 is 25.4 Å². The summed E-state index contributed by atoms with van der Waals surface area (Å²) in [6.07, 6.45) is 0. The van der Waals surface area contributed by atoms with E-state index >= 15 is 0 Å². The molecule has 0 aliphatic carbocycles. The van der Waals surface area contributed by atoms with Crippen molar-refractivity contribution in [3.05, 3.63) is 57.1 Å². The van der Waals surface area contributed by atoms with E-state index in [1.165, 1.54) is 17.4 Å². The van der Waals surface area contributed by atoms with Crippen LogP contribution in [0.1, 0.15) is 46.3 Å². The van der Waals surface area contributed by atoms with Crippen molar-refractivity contribution >= 4 is 45.5 Å². The molecule has 0 fully saturated rings. The first-order valence-electron chi connectivity index (χ1n) is 10.0. The summed E-state index contributed by atoms with van der Waals surface area (Å²) in [5.74, 6) is -1.14. The molecule has 0 radical (unpaired) electrons. The zero-order valence-electron chi connectivity index (χ0n) is 18.4. The van der Waals surface area contributed by atoms with Crippen molar-refractivity contribution in [2.45, 2.75) is 40.3 Å². The van der Waals surface area contributed by atoms with Crippen LogP contribution >= 0.6 is 23.6 Å². The molecule has 1 aromatic carbocycles. The van der Waals surface area contributed by atoms with Gasteiger partial charge in [-0.1, -0.05) is 18.2 Å². The summed E-state index contributed by atoms with van der Waals surface area (Å²) < 4.78 is 35.8. The lowest BCUT2D eigenvalue weighted by Crippen LogP contribution is -2.45. The number of amides is 1. The number of hydrogen-bond acceptors (Lipinski definition) is 6. The van der Waals surface area contributed by atoms with Crippen LogP contribution in [-0.2, 0) is 9.53 Å². The van der Waals surface area contributed by atoms with E-state index in [0.29, 0.717) is 21.8 Å². The lowest BCUT2D eigenvalue weighted by atomic mass is 9.94. The highest BCUT2D eigenvalue weighted by Gasteiger charge is 2.33. The van der Waals surface area contributed by atoms with E-state index in [4.69, 9.17) is 17.0 Å². The zero-order chi connectivity index (χ0) is 24.3. The Morgan fingerprint density at radius 2 is 1.94 bits per heavy atom. The molecule has 0 saturated carbocycles. The monoisotopic (exact) mass is 495 g/mol. The summed E-state index contributed by atoms with van der Waals surface area (Å²) in [7, 11) is 0. The van der Waals surface area contributed by atoms with Gasteiger partial charge in [-0.15, -0.1) is 11.3 Å². The minimum atomic E-state index is -3.04. The number of nitrogens with one attached hydrogen (secondary N) is 3. The summed E-state index contributed by atoms with van der Waals surface area (Å²) >= 11 is 6.48. The average Bonchev–Trinajstić information content (AvgIpc) is 3.00. The van der Waals surface area contributed by atoms with E-state index < -0.39 is 24.5 Å². The van der Waals surface area contributed by atoms with Gasteiger partial charge in [-0.2, -0.15) is 8.78 Å². The minimum Gasteiger partial charge on any atom is -0.462 e. The number of carbonyl (C=O) groups is 2. The number of alkyl halides is 2. The molecule has 1 amide bonds. The number of anilines is 1. The summed E-state index contributed by atoms with van der Waals surface area (Å²) in [4.78, 5) is 26.8. The Labute approximate surface area is 199 Å². The van der Waals surface area contributed by atoms with Gasteiger partial charge in [0.1, 0.15) is 10.8 Å². The first kappa shape index (κ1) is 24.6. The Morgan fingerprint density at radius 3 is 2.61 bits per heavy atom. The first-order valence-corrected chi connectivity index (χ1v) is 11.3. The molecule has 0 spiro atoms. The molecule has 3 rings (SSSR count). The number of halogens is 2. The number of carbonyl (C=O) groups excluding carboxylic acids is 2. The fraction of sp³-hybridized carbons (Fsp3) is 0.318. The molecule has 11 heteroatoms. The van der Waals surface area contributed by atoms with Gasteiger partial charge in [-0.05, 0) is 51.5 Å². The van der Waals surface area contributed by atoms with Crippen LogP contribution in [0.4, 0.5) is 13.8 Å². The second kappa shape index (κ2) is 10.3. The van der Waals surface area contributed by atoms with Gasteiger partial charge in [0, 0.05) is 16.1 Å². The summed E-state index contributed by atoms with van der Waals surface area (Å²) in [5.41, 5.74) is 1.97. The van der Waals surface area contributed by atoms with Gasteiger partial charge in [0.25, 0.3) is 5.91 Å². The maximum Gasteiger partial charge on any atom is 0.387 e. The van der Waals surface area contributed by atoms with Crippen LogP contribution in [0, 0.1) is 13.8 Å². The van der Waals surface area contributed by atoms with E-state index in [1.54, 1.807) is 39.0 Å². The van der Waals surface area contributed by atoms with E-state index in [0.717, 1.165) is 4.88 Å². The van der Waals surface area contributed by atoms with E-state index in [-0.39, 0.29) is 28.6 Å². The van der Waals surface area contributed by atoms with Crippen molar-refractivity contribution < 1.29 is 27.8 Å². The maximum atomic E-state index is 13.4. The number of thiocarbonyl (C=S) groups is 1. The van der Waals surface area contributed by atoms with Gasteiger partial charge in [-0.3, -0.25) is 4.79 Å². The number of aryl methyl sites for hydroxylation is 1. The van der Waals surface area contributed by atoms with Gasteiger partial charge >= 0.3 is 12.6 Å². The number of benzene rings is 1. The van der Waals surface area contributed by atoms with Crippen LogP contribution in [0.25, 0.3) is 0 Å². The van der Waals surface area contributed by atoms with Gasteiger partial charge in [0.15, 0.2) is 5.11 Å². The van der Waals surface area contributed by atoms with Crippen molar-refractivity contribution in [3.8, 4) is 5.75 Å². The Morgan fingerprint density at radius 1 is 1.24 bits per heavy atom. The zero-order valence-corrected chi connectivity index (χ0v) is 20.0. The number of thiophene rings is 1. The second-order valence-corrected chi connectivity index (χ2v) is 8.78. The molecule has 7 nitrogen and oxygen atoms in total. The van der Waals surface area contributed by atoms with Crippen molar-refractivity contribution in [1.29, 1.82) is 0 Å². The van der Waals surface area contributed by atoms with Gasteiger partial charge in [0.2, 0.25) is 0 Å². The summed E-state index contributed by atoms with van der Waals surface area (Å²) in [6, 6.07) is 5.31. The van der Waals surface area contributed by atoms with Crippen molar-refractivity contribution in [1.82, 2.24) is 10.6 Å². The largest absolute Gasteiger partial charge is 0.462 e. The number of rotatable bonds is 7. The predicted molar refractivity (Wildman–Crippen MR) is 126 cm³/mol. The fourth-order valence-electron chi connectivity index (χ4n) is 3.48. The molecular weight excluding hydrogens is 472 g/mol. The molecule has 0 unspecified atom stereocenters. The highest BCUT2D eigenvalue weighted by Crippen LogP contribution is 2.37. The van der Waals surface area contributed by atoms with Crippen LogP contribution in [-0.4, -0.2) is 30.2 Å². The van der Waals surface area contributed by atoms with E-state index in [1.807, 2.05) is 6.92 Å². The van der Waals surface area contributed by atoms with E-state index in [2.05, 4.69) is 20.7 Å². The number of allylic oxidation sites excluding steroid dienone is 1. The number of ether oxygens (including phenoxy) is 2. The predicted octanol–water partition coefficient (Wildman–Crippen LogP) is 4.57. The molecule has 1 atom stereocenters. The molecule has 2 aromatic rings. The summed E-state index contributed by atoms with van der Waals surface area (Å²) in [5, 5.41) is 9.22. The average molecular weight is 496 g/mol. The molecule has 1 aliphatic rings. The Bertz CT molecular complexity index is 1130. The normalized spacial score (nSPS) is 15.7. The lowest BCUT2D eigenvalue weighted by molar-refractivity contribution is -0.113. The van der Waals surface area contributed by atoms with Crippen LogP contribution in [0.15, 0.2) is 35.5 Å². The first-order chi connectivity index (χ1) is 15.6. The third kappa shape index (κ3) is 5.31. The van der Waals surface area contributed by atoms with Gasteiger partial charge in [-0.25, -0.2) is 4.79 Å². The molecule has 0 saturated heterocycles. The number of hydrogen-bond donors (Lipinski definition) is 3. The van der Waals surface area contributed by atoms with Crippen molar-refractivity contribution in [3.63, 3.8) is 0 Å². The molecule has 1 aromatic heterocycles. The topological polar surface area (TPSA) is 88.7 Å². The van der Waals surface area contributed by atoms with Crippen LogP contribution in [0.3, 0.4) is 0 Å². The van der Waals surface area contributed by atoms with Crippen LogP contribution in [0.5, 0.6) is 5.75 Å². The van der Waals surface area contributed by atoms with Crippen molar-refractivity contribution in [2.24, 2.45) is 0 Å². The molecule has 176 valence electrons. The molecule has 0 bridgehead atoms. The van der Waals surface area contributed by atoms with Crippen molar-refractivity contribution in [2.75, 3.05) is 11.9 Å². The minimum absolute atomic E-state index is 0.0807. The summed E-state index contributed by atoms with van der Waals surface area (Å²) in [6.45, 7) is 4.13. The quantitative estimate of drug-likeness (QED) is 0.383. The third-order valence-electron chi connectivity index (χ3n) is 5.05. The van der Waals surface area contributed by atoms with Gasteiger partial charge in [0.05, 0.1) is 23.8 Å². The standard InChI is InChI=1S/C22H23F2N3O4S2/c1-5-30-20(29)15-10(2)12(4)33-19(15)27-18(28)16-11(3)25-22(32)26-17(16)13-8-6-7-9-14(13)31-21(23)24/h6-9,17,21H,5H2,1-4H3,(H,27,28)(H2,25,26,32)/t17-/m1/s1. The Kier molecular flexibility index (Phi) is 7.65. The fourth-order valence-corrected chi connectivity index (χ4v) is 4.80. The molecule has 1 aliphatic heterocycles.